The number of fused-ring (bicyclic) bond motifs is 3. The molecule has 49 heavy (non-hydrogen) atoms. The molecule has 0 aliphatic carbocycles. The zero-order valence-corrected chi connectivity index (χ0v) is 33.2. The van der Waals surface area contributed by atoms with Crippen LogP contribution in [0.25, 0.3) is 11.1 Å². The van der Waals surface area contributed by atoms with Gasteiger partial charge in [-0.1, -0.05) is 171 Å². The second-order valence-corrected chi connectivity index (χ2v) is 20.2. The van der Waals surface area contributed by atoms with E-state index < -0.39 is 8.07 Å². The van der Waals surface area contributed by atoms with Crippen LogP contribution in [0.2, 0.25) is 5.02 Å². The van der Waals surface area contributed by atoms with E-state index in [0.29, 0.717) is 12.5 Å². The van der Waals surface area contributed by atoms with Gasteiger partial charge in [0.25, 0.3) is 0 Å². The topological polar surface area (TPSA) is 9.23 Å². The summed E-state index contributed by atoms with van der Waals surface area (Å²) >= 11 is 7.20. The zero-order valence-electron chi connectivity index (χ0n) is 31.5. The van der Waals surface area contributed by atoms with Gasteiger partial charge >= 0.3 is 0 Å². The quantitative estimate of drug-likeness (QED) is 0.0831. The van der Waals surface area contributed by atoms with Gasteiger partial charge in [0.05, 0.1) is 11.6 Å². The van der Waals surface area contributed by atoms with Crippen LogP contribution in [0.3, 0.4) is 0 Å². The number of ether oxygens (including phenoxy) is 1. The summed E-state index contributed by atoms with van der Waals surface area (Å²) in [6.07, 6.45) is 12.6. The van der Waals surface area contributed by atoms with Crippen LogP contribution in [0.5, 0.6) is 5.75 Å². The van der Waals surface area contributed by atoms with Crippen molar-refractivity contribution in [2.45, 2.75) is 113 Å². The van der Waals surface area contributed by atoms with Gasteiger partial charge in [-0.15, -0.1) is 0 Å². The number of hydrogen-bond acceptors (Lipinski definition) is 1. The molecule has 4 aromatic rings. The minimum Gasteiger partial charge on any atom is -0.492 e. The van der Waals surface area contributed by atoms with E-state index in [2.05, 4.69) is 133 Å². The predicted octanol–water partition coefficient (Wildman–Crippen LogP) is 11.0. The Morgan fingerprint density at radius 2 is 1.10 bits per heavy atom. The molecule has 0 saturated heterocycles. The Balaban J connectivity index is 1.51. The molecule has 4 aromatic carbocycles. The minimum absolute atomic E-state index is 0.646. The lowest BCUT2D eigenvalue weighted by atomic mass is 9.92. The number of rotatable bonds is 18. The van der Waals surface area contributed by atoms with Crippen molar-refractivity contribution in [1.29, 1.82) is 0 Å². The van der Waals surface area contributed by atoms with Gasteiger partial charge in [-0.3, -0.25) is 0 Å². The Morgan fingerprint density at radius 3 is 1.67 bits per heavy atom. The summed E-state index contributed by atoms with van der Waals surface area (Å²) < 4.78 is 6.53. The summed E-state index contributed by atoms with van der Waals surface area (Å²) in [6, 6.07) is 32.1. The fraction of sp³-hybridized carbons (Fsp3) is 0.478. The third-order valence-corrected chi connectivity index (χ3v) is 16.2. The standard InChI is InChI=1S/C46H61ClOSi/c1-33(2)17-14-19-35(5)21-16-22-38-30-41-42-31-44(48-28-27-36(6)20-15-18-34(3)4)43(47)32-46(42)49(45(41)29-37(38)7,39-23-10-8-11-24-39)40-25-12-9-13-26-40/h8-13,23-26,29-36H,14-22,27-28H2,1-7H3. The largest absolute Gasteiger partial charge is 0.492 e. The summed E-state index contributed by atoms with van der Waals surface area (Å²) in [5.74, 6) is 3.82. The highest BCUT2D eigenvalue weighted by Crippen LogP contribution is 2.37. The Bertz CT molecular complexity index is 1500. The summed E-state index contributed by atoms with van der Waals surface area (Å²) in [4.78, 5) is 0. The van der Waals surface area contributed by atoms with Crippen LogP contribution >= 0.6 is 11.6 Å². The maximum Gasteiger partial charge on any atom is 0.180 e. The minimum atomic E-state index is -2.62. The van der Waals surface area contributed by atoms with Gasteiger partial charge in [-0.05, 0) is 105 Å². The monoisotopic (exact) mass is 692 g/mol. The van der Waals surface area contributed by atoms with Gasteiger partial charge in [-0.25, -0.2) is 0 Å². The van der Waals surface area contributed by atoms with Crippen molar-refractivity contribution in [3.63, 3.8) is 0 Å². The van der Waals surface area contributed by atoms with Crippen LogP contribution in [0.4, 0.5) is 0 Å². The van der Waals surface area contributed by atoms with E-state index in [1.807, 2.05) is 0 Å². The van der Waals surface area contributed by atoms with Crippen molar-refractivity contribution in [2.24, 2.45) is 23.7 Å². The lowest BCUT2D eigenvalue weighted by molar-refractivity contribution is 0.276. The smallest absolute Gasteiger partial charge is 0.180 e. The van der Waals surface area contributed by atoms with Crippen molar-refractivity contribution in [2.75, 3.05) is 6.61 Å². The number of benzene rings is 4. The van der Waals surface area contributed by atoms with Gasteiger partial charge in [0.15, 0.2) is 8.07 Å². The molecule has 2 unspecified atom stereocenters. The Hall–Kier alpha value is -2.81. The van der Waals surface area contributed by atoms with E-state index in [0.717, 1.165) is 41.4 Å². The lowest BCUT2D eigenvalue weighted by Crippen LogP contribution is -2.72. The van der Waals surface area contributed by atoms with Gasteiger partial charge in [-0.2, -0.15) is 0 Å². The highest BCUT2D eigenvalue weighted by atomic mass is 35.5. The molecule has 0 bridgehead atoms. The molecular formula is C46H61ClOSi. The Morgan fingerprint density at radius 1 is 0.592 bits per heavy atom. The first-order valence-corrected chi connectivity index (χ1v) is 21.7. The van der Waals surface area contributed by atoms with Gasteiger partial charge in [0.1, 0.15) is 5.75 Å². The number of hydrogen-bond donors (Lipinski definition) is 0. The molecule has 0 N–H and O–H groups in total. The summed E-state index contributed by atoms with van der Waals surface area (Å²) in [5.41, 5.74) is 5.58. The third-order valence-electron chi connectivity index (χ3n) is 11.0. The predicted molar refractivity (Wildman–Crippen MR) is 218 cm³/mol. The SMILES string of the molecule is Cc1cc2c(cc1CCCC(C)CCCC(C)C)-c1cc(OCCC(C)CCCC(C)C)c(Cl)cc1[Si]2(c1ccccc1)c1ccccc1. The first kappa shape index (κ1) is 37.4. The van der Waals surface area contributed by atoms with Crippen LogP contribution in [-0.2, 0) is 6.42 Å². The maximum atomic E-state index is 7.20. The molecule has 1 aliphatic heterocycles. The van der Waals surface area contributed by atoms with Crippen molar-refractivity contribution in [3.05, 3.63) is 101 Å². The molecule has 2 atom stereocenters. The molecule has 0 aromatic heterocycles. The molecule has 0 saturated carbocycles. The molecule has 1 nitrogen and oxygen atoms in total. The fourth-order valence-corrected chi connectivity index (χ4v) is 13.7. The molecule has 0 radical (unpaired) electrons. The zero-order chi connectivity index (χ0) is 35.0. The van der Waals surface area contributed by atoms with Crippen LogP contribution in [0.1, 0.15) is 110 Å². The third kappa shape index (κ3) is 8.92. The Kier molecular flexibility index (Phi) is 13.3. The summed E-state index contributed by atoms with van der Waals surface area (Å²) in [6.45, 7) is 17.2. The molecule has 3 heteroatoms. The first-order valence-electron chi connectivity index (χ1n) is 19.3. The second kappa shape index (κ2) is 17.4. The van der Waals surface area contributed by atoms with E-state index in [1.54, 1.807) is 0 Å². The van der Waals surface area contributed by atoms with E-state index in [4.69, 9.17) is 16.3 Å². The molecule has 5 rings (SSSR count). The van der Waals surface area contributed by atoms with Crippen LogP contribution in [-0.4, -0.2) is 14.7 Å². The molecule has 0 amide bonds. The fourth-order valence-electron chi connectivity index (χ4n) is 8.11. The maximum absolute atomic E-state index is 7.20. The van der Waals surface area contributed by atoms with Gasteiger partial charge in [0, 0.05) is 0 Å². The highest BCUT2D eigenvalue weighted by Gasteiger charge is 2.49. The highest BCUT2D eigenvalue weighted by molar-refractivity contribution is 7.22. The van der Waals surface area contributed by atoms with Gasteiger partial charge < -0.3 is 4.74 Å². The molecule has 1 heterocycles. The van der Waals surface area contributed by atoms with Crippen molar-refractivity contribution in [3.8, 4) is 16.9 Å². The van der Waals surface area contributed by atoms with E-state index in [9.17, 15) is 0 Å². The molecule has 0 spiro atoms. The van der Waals surface area contributed by atoms with Crippen molar-refractivity contribution >= 4 is 40.4 Å². The lowest BCUT2D eigenvalue weighted by Gasteiger charge is -2.32. The molecule has 1 aliphatic rings. The summed E-state index contributed by atoms with van der Waals surface area (Å²) in [7, 11) is -2.62. The number of aryl methyl sites for hydroxylation is 2. The molecule has 262 valence electrons. The van der Waals surface area contributed by atoms with E-state index in [-0.39, 0.29) is 0 Å². The Labute approximate surface area is 304 Å². The normalized spacial score (nSPS) is 14.6. The van der Waals surface area contributed by atoms with Crippen molar-refractivity contribution in [1.82, 2.24) is 0 Å². The van der Waals surface area contributed by atoms with Crippen LogP contribution in [0.15, 0.2) is 84.9 Å². The van der Waals surface area contributed by atoms with Gasteiger partial charge in [0.2, 0.25) is 0 Å². The van der Waals surface area contributed by atoms with Crippen LogP contribution in [0, 0.1) is 30.6 Å². The first-order chi connectivity index (χ1) is 23.6. The second-order valence-electron chi connectivity index (χ2n) is 16.0. The number of halogens is 1. The van der Waals surface area contributed by atoms with E-state index >= 15 is 0 Å². The average molecular weight is 694 g/mol. The van der Waals surface area contributed by atoms with Crippen molar-refractivity contribution < 1.29 is 4.74 Å². The summed E-state index contributed by atoms with van der Waals surface area (Å²) in [5, 5.41) is 6.41. The van der Waals surface area contributed by atoms with Crippen LogP contribution < -0.4 is 25.5 Å². The van der Waals surface area contributed by atoms with E-state index in [1.165, 1.54) is 94.4 Å². The molecule has 0 fully saturated rings. The molecular weight excluding hydrogens is 632 g/mol. The average Bonchev–Trinajstić information content (AvgIpc) is 3.33.